The molecule has 2 heterocycles. The van der Waals surface area contributed by atoms with Crippen molar-refractivity contribution in [3.8, 4) is 16.9 Å². The monoisotopic (exact) mass is 243 g/mol. The third kappa shape index (κ3) is 2.59. The Morgan fingerprint density at radius 3 is 2.89 bits per heavy atom. The van der Waals surface area contributed by atoms with Crippen molar-refractivity contribution in [2.75, 3.05) is 12.3 Å². The van der Waals surface area contributed by atoms with E-state index in [0.29, 0.717) is 12.4 Å². The van der Waals surface area contributed by atoms with E-state index in [-0.39, 0.29) is 0 Å². The van der Waals surface area contributed by atoms with Gasteiger partial charge in [0.05, 0.1) is 12.8 Å². The van der Waals surface area contributed by atoms with Gasteiger partial charge in [-0.3, -0.25) is 4.98 Å². The van der Waals surface area contributed by atoms with Gasteiger partial charge in [0.25, 0.3) is 0 Å². The minimum Gasteiger partial charge on any atom is -0.492 e. The van der Waals surface area contributed by atoms with Gasteiger partial charge in [0, 0.05) is 23.5 Å². The van der Waals surface area contributed by atoms with Gasteiger partial charge in [0.2, 0.25) is 0 Å². The highest BCUT2D eigenvalue weighted by molar-refractivity contribution is 5.76. The number of nitrogens with two attached hydrogens (primary N) is 1. The van der Waals surface area contributed by atoms with Crippen molar-refractivity contribution in [3.63, 3.8) is 0 Å². The lowest BCUT2D eigenvalue weighted by Gasteiger charge is -2.10. The highest BCUT2D eigenvalue weighted by Gasteiger charge is 2.08. The fourth-order valence-corrected chi connectivity index (χ4v) is 1.81. The Morgan fingerprint density at radius 2 is 2.17 bits per heavy atom. The number of hydrogen-bond donors (Lipinski definition) is 1. The first-order chi connectivity index (χ1) is 8.72. The zero-order valence-corrected chi connectivity index (χ0v) is 10.7. The highest BCUT2D eigenvalue weighted by atomic mass is 16.5. The second-order valence-electron chi connectivity index (χ2n) is 4.15. The van der Waals surface area contributed by atoms with E-state index in [0.717, 1.165) is 28.9 Å². The van der Waals surface area contributed by atoms with Crippen molar-refractivity contribution in [2.24, 2.45) is 0 Å². The van der Waals surface area contributed by atoms with Crippen LogP contribution in [0.2, 0.25) is 0 Å². The number of anilines is 1. The molecule has 0 bridgehead atoms. The molecule has 2 aromatic heterocycles. The lowest BCUT2D eigenvalue weighted by Crippen LogP contribution is -1.98. The molecule has 0 saturated heterocycles. The molecule has 0 spiro atoms. The number of pyridine rings is 2. The van der Waals surface area contributed by atoms with Crippen LogP contribution in [0.5, 0.6) is 5.75 Å². The Kier molecular flexibility index (Phi) is 3.77. The quantitative estimate of drug-likeness (QED) is 0.897. The molecule has 0 fully saturated rings. The molecule has 94 valence electrons. The second kappa shape index (κ2) is 5.49. The molecule has 2 aromatic rings. The fraction of sp³-hybridized carbons (Fsp3) is 0.286. The number of rotatable bonds is 4. The van der Waals surface area contributed by atoms with Crippen molar-refractivity contribution in [1.29, 1.82) is 0 Å². The molecular formula is C14H17N3O. The zero-order chi connectivity index (χ0) is 13.0. The van der Waals surface area contributed by atoms with Gasteiger partial charge in [-0.1, -0.05) is 6.92 Å². The smallest absolute Gasteiger partial charge is 0.138 e. The number of hydrogen-bond acceptors (Lipinski definition) is 4. The van der Waals surface area contributed by atoms with Crippen molar-refractivity contribution in [2.45, 2.75) is 20.3 Å². The summed E-state index contributed by atoms with van der Waals surface area (Å²) >= 11 is 0. The summed E-state index contributed by atoms with van der Waals surface area (Å²) in [5.41, 5.74) is 8.86. The third-order valence-corrected chi connectivity index (χ3v) is 2.66. The standard InChI is InChI=1S/C14H17N3O/c1-3-6-18-12-7-11(8-16-9-12)13-10(2)4-5-17-14(13)15/h4-5,7-9H,3,6H2,1-2H3,(H2,15,17). The summed E-state index contributed by atoms with van der Waals surface area (Å²) < 4.78 is 5.57. The predicted molar refractivity (Wildman–Crippen MR) is 72.4 cm³/mol. The van der Waals surface area contributed by atoms with E-state index in [1.165, 1.54) is 0 Å². The molecule has 0 aliphatic heterocycles. The molecule has 0 unspecified atom stereocenters. The number of aromatic nitrogens is 2. The van der Waals surface area contributed by atoms with E-state index in [2.05, 4.69) is 16.9 Å². The summed E-state index contributed by atoms with van der Waals surface area (Å²) in [5, 5.41) is 0. The number of aryl methyl sites for hydroxylation is 1. The average Bonchev–Trinajstić information content (AvgIpc) is 2.37. The van der Waals surface area contributed by atoms with Gasteiger partial charge in [-0.25, -0.2) is 4.98 Å². The van der Waals surface area contributed by atoms with E-state index >= 15 is 0 Å². The molecule has 0 radical (unpaired) electrons. The van der Waals surface area contributed by atoms with Crippen molar-refractivity contribution < 1.29 is 4.74 Å². The topological polar surface area (TPSA) is 61.0 Å². The summed E-state index contributed by atoms with van der Waals surface area (Å²) in [6, 6.07) is 3.88. The summed E-state index contributed by atoms with van der Waals surface area (Å²) in [6.07, 6.45) is 6.16. The molecule has 0 amide bonds. The van der Waals surface area contributed by atoms with Crippen molar-refractivity contribution >= 4 is 5.82 Å². The van der Waals surface area contributed by atoms with Crippen LogP contribution in [0.15, 0.2) is 30.7 Å². The Labute approximate surface area is 107 Å². The average molecular weight is 243 g/mol. The lowest BCUT2D eigenvalue weighted by molar-refractivity contribution is 0.316. The Morgan fingerprint density at radius 1 is 1.33 bits per heavy atom. The summed E-state index contributed by atoms with van der Waals surface area (Å²) in [7, 11) is 0. The molecule has 0 aliphatic rings. The van der Waals surface area contributed by atoms with Gasteiger partial charge >= 0.3 is 0 Å². The van der Waals surface area contributed by atoms with Crippen molar-refractivity contribution in [3.05, 3.63) is 36.3 Å². The SMILES string of the molecule is CCCOc1cncc(-c2c(C)ccnc2N)c1. The van der Waals surface area contributed by atoms with E-state index in [1.807, 2.05) is 19.1 Å². The maximum absolute atomic E-state index is 5.92. The predicted octanol–water partition coefficient (Wildman–Crippen LogP) is 2.82. The molecule has 2 N–H and O–H groups in total. The number of ether oxygens (including phenoxy) is 1. The van der Waals surface area contributed by atoms with Gasteiger partial charge in [-0.2, -0.15) is 0 Å². The van der Waals surface area contributed by atoms with Crippen molar-refractivity contribution in [1.82, 2.24) is 9.97 Å². The van der Waals surface area contributed by atoms with Gasteiger partial charge in [-0.05, 0) is 31.0 Å². The van der Waals surface area contributed by atoms with Crippen LogP contribution in [0.1, 0.15) is 18.9 Å². The second-order valence-corrected chi connectivity index (χ2v) is 4.15. The summed E-state index contributed by atoms with van der Waals surface area (Å²) in [4.78, 5) is 8.31. The van der Waals surface area contributed by atoms with Gasteiger partial charge in [-0.15, -0.1) is 0 Å². The molecule has 0 aliphatic carbocycles. The van der Waals surface area contributed by atoms with Crippen LogP contribution in [0, 0.1) is 6.92 Å². The molecule has 0 saturated carbocycles. The lowest BCUT2D eigenvalue weighted by atomic mass is 10.0. The van der Waals surface area contributed by atoms with Crippen LogP contribution in [-0.2, 0) is 0 Å². The molecular weight excluding hydrogens is 226 g/mol. The maximum atomic E-state index is 5.92. The first-order valence-electron chi connectivity index (χ1n) is 6.01. The molecule has 4 heteroatoms. The van der Waals surface area contributed by atoms with Crippen LogP contribution in [0.25, 0.3) is 11.1 Å². The van der Waals surface area contributed by atoms with Crippen LogP contribution in [0.4, 0.5) is 5.82 Å². The van der Waals surface area contributed by atoms with Gasteiger partial charge in [0.1, 0.15) is 11.6 Å². The Bertz CT molecular complexity index is 520. The zero-order valence-electron chi connectivity index (χ0n) is 10.7. The summed E-state index contributed by atoms with van der Waals surface area (Å²) in [5.74, 6) is 1.28. The molecule has 0 atom stereocenters. The fourth-order valence-electron chi connectivity index (χ4n) is 1.81. The maximum Gasteiger partial charge on any atom is 0.138 e. The first kappa shape index (κ1) is 12.4. The summed E-state index contributed by atoms with van der Waals surface area (Å²) in [6.45, 7) is 4.76. The molecule has 4 nitrogen and oxygen atoms in total. The Balaban J connectivity index is 2.38. The van der Waals surface area contributed by atoms with E-state index in [1.54, 1.807) is 18.6 Å². The highest BCUT2D eigenvalue weighted by Crippen LogP contribution is 2.29. The number of nitrogens with zero attached hydrogens (tertiary/aromatic N) is 2. The first-order valence-corrected chi connectivity index (χ1v) is 6.01. The van der Waals surface area contributed by atoms with E-state index in [9.17, 15) is 0 Å². The van der Waals surface area contributed by atoms with Crippen LogP contribution in [-0.4, -0.2) is 16.6 Å². The molecule has 0 aromatic carbocycles. The largest absolute Gasteiger partial charge is 0.492 e. The number of nitrogen functional groups attached to an aromatic ring is 1. The molecule has 18 heavy (non-hydrogen) atoms. The van der Waals surface area contributed by atoms with Crippen LogP contribution >= 0.6 is 0 Å². The van der Waals surface area contributed by atoms with E-state index in [4.69, 9.17) is 10.5 Å². The molecule has 2 rings (SSSR count). The minimum atomic E-state index is 0.518. The van der Waals surface area contributed by atoms with Gasteiger partial charge in [0.15, 0.2) is 0 Å². The van der Waals surface area contributed by atoms with E-state index < -0.39 is 0 Å². The third-order valence-electron chi connectivity index (χ3n) is 2.66. The Hall–Kier alpha value is -2.10. The van der Waals surface area contributed by atoms with Crippen LogP contribution < -0.4 is 10.5 Å². The van der Waals surface area contributed by atoms with Gasteiger partial charge < -0.3 is 10.5 Å². The van der Waals surface area contributed by atoms with Crippen LogP contribution in [0.3, 0.4) is 0 Å². The minimum absolute atomic E-state index is 0.518. The normalized spacial score (nSPS) is 10.3.